The molecular weight excluding hydrogens is 224 g/mol. The van der Waals surface area contributed by atoms with Crippen molar-refractivity contribution in [1.82, 2.24) is 10.6 Å². The van der Waals surface area contributed by atoms with Crippen molar-refractivity contribution in [2.75, 3.05) is 19.6 Å². The smallest absolute Gasteiger partial charge is 0.0976 e. The molecule has 1 aliphatic heterocycles. The summed E-state index contributed by atoms with van der Waals surface area (Å²) in [5.41, 5.74) is 0. The molecule has 16 heavy (non-hydrogen) atoms. The number of aliphatic hydroxyl groups is 2. The molecule has 0 spiro atoms. The van der Waals surface area contributed by atoms with Crippen molar-refractivity contribution in [1.29, 1.82) is 0 Å². The highest BCUT2D eigenvalue weighted by atomic mass is 32.1. The summed E-state index contributed by atoms with van der Waals surface area (Å²) < 4.78 is 0. The topological polar surface area (TPSA) is 64.5 Å². The molecular formula is C11H18N2O2S. The van der Waals surface area contributed by atoms with Crippen LogP contribution < -0.4 is 10.6 Å². The molecule has 0 radical (unpaired) electrons. The van der Waals surface area contributed by atoms with Crippen molar-refractivity contribution in [2.24, 2.45) is 0 Å². The van der Waals surface area contributed by atoms with Crippen molar-refractivity contribution in [3.8, 4) is 0 Å². The van der Waals surface area contributed by atoms with Gasteiger partial charge in [0.2, 0.25) is 0 Å². The lowest BCUT2D eigenvalue weighted by Gasteiger charge is -2.16. The normalized spacial score (nSPS) is 29.8. The average Bonchev–Trinajstić information content (AvgIpc) is 2.88. The molecule has 5 heteroatoms. The van der Waals surface area contributed by atoms with Gasteiger partial charge in [0.1, 0.15) is 0 Å². The Balaban J connectivity index is 1.61. The summed E-state index contributed by atoms with van der Waals surface area (Å²) in [7, 11) is 0. The molecule has 1 saturated heterocycles. The Bertz CT molecular complexity index is 305. The van der Waals surface area contributed by atoms with Gasteiger partial charge in [-0.05, 0) is 17.9 Å². The highest BCUT2D eigenvalue weighted by molar-refractivity contribution is 7.09. The monoisotopic (exact) mass is 242 g/mol. The zero-order valence-electron chi connectivity index (χ0n) is 9.10. The lowest BCUT2D eigenvalue weighted by Crippen LogP contribution is -2.42. The molecule has 1 aromatic heterocycles. The van der Waals surface area contributed by atoms with Gasteiger partial charge in [-0.3, -0.25) is 0 Å². The van der Waals surface area contributed by atoms with Crippen LogP contribution in [0, 0.1) is 0 Å². The van der Waals surface area contributed by atoms with E-state index in [0.717, 1.165) is 13.0 Å². The van der Waals surface area contributed by atoms with E-state index in [2.05, 4.69) is 28.1 Å². The van der Waals surface area contributed by atoms with Gasteiger partial charge in [-0.2, -0.15) is 0 Å². The molecule has 4 N–H and O–H groups in total. The first kappa shape index (κ1) is 12.0. The molecule has 2 heterocycles. The van der Waals surface area contributed by atoms with Crippen LogP contribution in [0.15, 0.2) is 17.5 Å². The summed E-state index contributed by atoms with van der Waals surface area (Å²) in [6, 6.07) is 4.15. The molecule has 3 atom stereocenters. The first-order chi connectivity index (χ1) is 7.77. The fourth-order valence-corrected chi connectivity index (χ4v) is 2.61. The van der Waals surface area contributed by atoms with E-state index in [9.17, 15) is 10.2 Å². The number of thiophene rings is 1. The van der Waals surface area contributed by atoms with Crippen molar-refractivity contribution in [3.05, 3.63) is 22.4 Å². The highest BCUT2D eigenvalue weighted by Crippen LogP contribution is 2.09. The minimum atomic E-state index is -0.644. The standard InChI is InChI=1S/C11H18N2O2S/c14-10-7-13-9(11(10)15)6-12-4-3-8-2-1-5-16-8/h1-2,5,9-15H,3-4,6-7H2/t9-,10+,11-/m1/s1. The molecule has 1 aromatic rings. The largest absolute Gasteiger partial charge is 0.389 e. The Hall–Kier alpha value is -0.460. The minimum absolute atomic E-state index is 0.0293. The number of β-amino-alcohol motifs (C(OH)–C–C–N with tert-alkyl or cyclic N) is 1. The molecule has 0 saturated carbocycles. The van der Waals surface area contributed by atoms with E-state index in [1.54, 1.807) is 11.3 Å². The number of hydrogen-bond acceptors (Lipinski definition) is 5. The van der Waals surface area contributed by atoms with E-state index in [1.165, 1.54) is 4.88 Å². The van der Waals surface area contributed by atoms with Crippen molar-refractivity contribution < 1.29 is 10.2 Å². The van der Waals surface area contributed by atoms with Crippen LogP contribution in [-0.4, -0.2) is 48.1 Å². The second-order valence-electron chi connectivity index (χ2n) is 4.11. The quantitative estimate of drug-likeness (QED) is 0.529. The van der Waals surface area contributed by atoms with Crippen LogP contribution >= 0.6 is 11.3 Å². The minimum Gasteiger partial charge on any atom is -0.389 e. The zero-order valence-corrected chi connectivity index (χ0v) is 9.91. The second-order valence-corrected chi connectivity index (χ2v) is 5.14. The molecule has 1 fully saturated rings. The summed E-state index contributed by atoms with van der Waals surface area (Å²) in [6.45, 7) is 2.09. The van der Waals surface area contributed by atoms with Gasteiger partial charge in [0.15, 0.2) is 0 Å². The SMILES string of the molecule is O[C@H]1[C@@H](O)CN[C@@H]1CNCCc1cccs1. The van der Waals surface area contributed by atoms with Crippen LogP contribution in [0.3, 0.4) is 0 Å². The van der Waals surface area contributed by atoms with Gasteiger partial charge in [-0.15, -0.1) is 11.3 Å². The third-order valence-corrected chi connectivity index (χ3v) is 3.82. The van der Waals surface area contributed by atoms with Crippen LogP contribution in [0.5, 0.6) is 0 Å². The van der Waals surface area contributed by atoms with Gasteiger partial charge in [-0.25, -0.2) is 0 Å². The maximum atomic E-state index is 9.59. The summed E-state index contributed by atoms with van der Waals surface area (Å²) in [5.74, 6) is 0. The third kappa shape index (κ3) is 3.02. The molecule has 0 aliphatic carbocycles. The van der Waals surface area contributed by atoms with Crippen molar-refractivity contribution in [3.63, 3.8) is 0 Å². The Labute approximate surface area is 99.3 Å². The fraction of sp³-hybridized carbons (Fsp3) is 0.636. The van der Waals surface area contributed by atoms with Crippen LogP contribution in [0.2, 0.25) is 0 Å². The average molecular weight is 242 g/mol. The van der Waals surface area contributed by atoms with Crippen molar-refractivity contribution in [2.45, 2.75) is 24.7 Å². The van der Waals surface area contributed by atoms with Crippen LogP contribution in [0.4, 0.5) is 0 Å². The van der Waals surface area contributed by atoms with Gasteiger partial charge >= 0.3 is 0 Å². The molecule has 0 amide bonds. The van der Waals surface area contributed by atoms with E-state index >= 15 is 0 Å². The second kappa shape index (κ2) is 5.75. The van der Waals surface area contributed by atoms with Crippen LogP contribution in [-0.2, 0) is 6.42 Å². The van der Waals surface area contributed by atoms with Gasteiger partial charge in [-0.1, -0.05) is 6.07 Å². The molecule has 0 aromatic carbocycles. The van der Waals surface area contributed by atoms with Gasteiger partial charge in [0.05, 0.1) is 12.2 Å². The molecule has 90 valence electrons. The van der Waals surface area contributed by atoms with Crippen molar-refractivity contribution >= 4 is 11.3 Å². The number of nitrogens with one attached hydrogen (secondary N) is 2. The molecule has 0 unspecified atom stereocenters. The predicted molar refractivity (Wildman–Crippen MR) is 64.7 cm³/mol. The van der Waals surface area contributed by atoms with Gasteiger partial charge in [0.25, 0.3) is 0 Å². The number of aliphatic hydroxyl groups excluding tert-OH is 2. The Kier molecular flexibility index (Phi) is 4.31. The van der Waals surface area contributed by atoms with Crippen LogP contribution in [0.1, 0.15) is 4.88 Å². The third-order valence-electron chi connectivity index (χ3n) is 2.89. The summed E-state index contributed by atoms with van der Waals surface area (Å²) in [4.78, 5) is 1.37. The summed E-state index contributed by atoms with van der Waals surface area (Å²) in [5, 5.41) is 27.4. The molecule has 1 aliphatic rings. The van der Waals surface area contributed by atoms with E-state index in [4.69, 9.17) is 0 Å². The lowest BCUT2D eigenvalue weighted by molar-refractivity contribution is 0.0408. The van der Waals surface area contributed by atoms with Gasteiger partial charge < -0.3 is 20.8 Å². The lowest BCUT2D eigenvalue weighted by atomic mass is 10.1. The zero-order chi connectivity index (χ0) is 11.4. The number of hydrogen-bond donors (Lipinski definition) is 4. The molecule has 2 rings (SSSR count). The molecule has 4 nitrogen and oxygen atoms in total. The number of rotatable bonds is 5. The van der Waals surface area contributed by atoms with E-state index in [1.807, 2.05) is 0 Å². The highest BCUT2D eigenvalue weighted by Gasteiger charge is 2.32. The first-order valence-electron chi connectivity index (χ1n) is 5.60. The predicted octanol–water partition coefficient (Wildman–Crippen LogP) is -0.426. The van der Waals surface area contributed by atoms with Gasteiger partial charge in [0, 0.05) is 30.6 Å². The van der Waals surface area contributed by atoms with Crippen LogP contribution in [0.25, 0.3) is 0 Å². The maximum absolute atomic E-state index is 9.59. The maximum Gasteiger partial charge on any atom is 0.0976 e. The molecule has 0 bridgehead atoms. The Morgan fingerprint density at radius 1 is 1.50 bits per heavy atom. The first-order valence-corrected chi connectivity index (χ1v) is 6.48. The summed E-state index contributed by atoms with van der Waals surface area (Å²) in [6.07, 6.45) is -0.249. The van der Waals surface area contributed by atoms with E-state index in [-0.39, 0.29) is 6.04 Å². The van der Waals surface area contributed by atoms with E-state index in [0.29, 0.717) is 13.1 Å². The Morgan fingerprint density at radius 3 is 3.00 bits per heavy atom. The Morgan fingerprint density at radius 2 is 2.38 bits per heavy atom. The van der Waals surface area contributed by atoms with E-state index < -0.39 is 12.2 Å². The summed E-state index contributed by atoms with van der Waals surface area (Å²) >= 11 is 1.76. The fourth-order valence-electron chi connectivity index (χ4n) is 1.90.